The lowest BCUT2D eigenvalue weighted by molar-refractivity contribution is -0.155. The van der Waals surface area contributed by atoms with E-state index in [0.29, 0.717) is 19.7 Å². The molecule has 1 aliphatic rings. The minimum atomic E-state index is -0.648. The van der Waals surface area contributed by atoms with Crippen molar-refractivity contribution in [2.24, 2.45) is 0 Å². The first kappa shape index (κ1) is 21.6. The van der Waals surface area contributed by atoms with Crippen LogP contribution >= 0.6 is 0 Å². The van der Waals surface area contributed by atoms with Gasteiger partial charge in [-0.15, -0.1) is 0 Å². The van der Waals surface area contributed by atoms with E-state index >= 15 is 0 Å². The Balaban J connectivity index is 1.31. The van der Waals surface area contributed by atoms with Gasteiger partial charge in [-0.1, -0.05) is 72.8 Å². The van der Waals surface area contributed by atoms with Gasteiger partial charge in [0.05, 0.1) is 6.61 Å². The van der Waals surface area contributed by atoms with Gasteiger partial charge in [0.25, 0.3) is 0 Å². The number of carbonyl (C=O) groups is 2. The van der Waals surface area contributed by atoms with Gasteiger partial charge in [-0.2, -0.15) is 0 Å². The van der Waals surface area contributed by atoms with Gasteiger partial charge in [-0.05, 0) is 28.8 Å². The van der Waals surface area contributed by atoms with Crippen molar-refractivity contribution in [3.05, 3.63) is 102 Å². The van der Waals surface area contributed by atoms with E-state index in [-0.39, 0.29) is 25.0 Å². The van der Waals surface area contributed by atoms with Crippen molar-refractivity contribution in [2.45, 2.75) is 25.7 Å². The fraction of sp³-hybridized carbons (Fsp3) is 0.231. The first-order chi connectivity index (χ1) is 15.7. The molecule has 1 heterocycles. The molecule has 2 amide bonds. The smallest absolute Gasteiger partial charge is 0.249 e. The molecular formula is C26H26N2O4. The van der Waals surface area contributed by atoms with Crippen molar-refractivity contribution < 1.29 is 19.1 Å². The molecule has 4 rings (SSSR count). The molecule has 0 saturated carbocycles. The van der Waals surface area contributed by atoms with Crippen LogP contribution in [0, 0.1) is 0 Å². The zero-order chi connectivity index (χ0) is 22.2. The number of carbonyl (C=O) groups excluding carboxylic acids is 2. The van der Waals surface area contributed by atoms with Crippen LogP contribution in [0.1, 0.15) is 16.7 Å². The highest BCUT2D eigenvalue weighted by Gasteiger charge is 2.33. The number of nitrogens with zero attached hydrogens (tertiary/aromatic N) is 1. The van der Waals surface area contributed by atoms with Crippen molar-refractivity contribution >= 4 is 11.8 Å². The predicted molar refractivity (Wildman–Crippen MR) is 121 cm³/mol. The fourth-order valence-corrected chi connectivity index (χ4v) is 3.55. The van der Waals surface area contributed by atoms with Gasteiger partial charge >= 0.3 is 0 Å². The van der Waals surface area contributed by atoms with Crippen LogP contribution in [0.4, 0.5) is 0 Å². The third-order valence-corrected chi connectivity index (χ3v) is 5.33. The van der Waals surface area contributed by atoms with Gasteiger partial charge < -0.3 is 19.7 Å². The summed E-state index contributed by atoms with van der Waals surface area (Å²) < 4.78 is 11.1. The molecule has 3 aromatic carbocycles. The maximum atomic E-state index is 12.8. The second-order valence-electron chi connectivity index (χ2n) is 7.67. The molecule has 1 fully saturated rings. The topological polar surface area (TPSA) is 67.9 Å². The zero-order valence-electron chi connectivity index (χ0n) is 17.8. The molecule has 0 bridgehead atoms. The van der Waals surface area contributed by atoms with Crippen LogP contribution in [-0.4, -0.2) is 36.0 Å². The standard InChI is InChI=1S/C26H26N2O4/c29-25-19-31-18-24(28(25)16-21-7-3-1-4-8-21)26(30)27-15-20-11-13-23(14-12-20)32-17-22-9-5-2-6-10-22/h1-14,24H,15-19H2,(H,27,30)/t24-/m0/s1. The fourth-order valence-electron chi connectivity index (χ4n) is 3.55. The molecule has 0 spiro atoms. The van der Waals surface area contributed by atoms with E-state index in [1.807, 2.05) is 84.9 Å². The summed E-state index contributed by atoms with van der Waals surface area (Å²) in [6.07, 6.45) is 0. The summed E-state index contributed by atoms with van der Waals surface area (Å²) in [6, 6.07) is 26.6. The largest absolute Gasteiger partial charge is 0.489 e. The molecule has 164 valence electrons. The Morgan fingerprint density at radius 3 is 2.25 bits per heavy atom. The maximum Gasteiger partial charge on any atom is 0.249 e. The SMILES string of the molecule is O=C(NCc1ccc(OCc2ccccc2)cc1)[C@@H]1COCC(=O)N1Cc1ccccc1. The zero-order valence-corrected chi connectivity index (χ0v) is 17.8. The molecule has 6 nitrogen and oxygen atoms in total. The van der Waals surface area contributed by atoms with E-state index in [0.717, 1.165) is 22.4 Å². The average Bonchev–Trinajstić information content (AvgIpc) is 2.84. The molecule has 0 aliphatic carbocycles. The van der Waals surface area contributed by atoms with E-state index in [9.17, 15) is 9.59 Å². The first-order valence-corrected chi connectivity index (χ1v) is 10.6. The number of ether oxygens (including phenoxy) is 2. The Kier molecular flexibility index (Phi) is 7.15. The lowest BCUT2D eigenvalue weighted by Gasteiger charge is -2.34. The Morgan fingerprint density at radius 2 is 1.56 bits per heavy atom. The third-order valence-electron chi connectivity index (χ3n) is 5.33. The maximum absolute atomic E-state index is 12.8. The number of amides is 2. The lowest BCUT2D eigenvalue weighted by Crippen LogP contribution is -2.55. The average molecular weight is 431 g/mol. The minimum Gasteiger partial charge on any atom is -0.489 e. The molecule has 32 heavy (non-hydrogen) atoms. The molecule has 0 unspecified atom stereocenters. The van der Waals surface area contributed by atoms with Gasteiger partial charge in [-0.25, -0.2) is 0 Å². The van der Waals surface area contributed by atoms with E-state index < -0.39 is 6.04 Å². The van der Waals surface area contributed by atoms with Gasteiger partial charge in [0, 0.05) is 13.1 Å². The van der Waals surface area contributed by atoms with Crippen molar-refractivity contribution in [3.8, 4) is 5.75 Å². The van der Waals surface area contributed by atoms with Crippen LogP contribution < -0.4 is 10.1 Å². The third kappa shape index (κ3) is 5.74. The van der Waals surface area contributed by atoms with Gasteiger partial charge in [0.15, 0.2) is 0 Å². The van der Waals surface area contributed by atoms with Crippen molar-refractivity contribution in [2.75, 3.05) is 13.2 Å². The number of hydrogen-bond donors (Lipinski definition) is 1. The molecule has 0 aromatic heterocycles. The van der Waals surface area contributed by atoms with Crippen LogP contribution in [0.2, 0.25) is 0 Å². The molecule has 1 N–H and O–H groups in total. The quantitative estimate of drug-likeness (QED) is 0.595. The van der Waals surface area contributed by atoms with Crippen LogP contribution in [0.25, 0.3) is 0 Å². The molecule has 1 saturated heterocycles. The minimum absolute atomic E-state index is 0.00105. The second-order valence-corrected chi connectivity index (χ2v) is 7.67. The highest BCUT2D eigenvalue weighted by atomic mass is 16.5. The normalized spacial score (nSPS) is 15.9. The van der Waals surface area contributed by atoms with Gasteiger partial charge in [0.1, 0.15) is 25.0 Å². The number of benzene rings is 3. The van der Waals surface area contributed by atoms with Crippen molar-refractivity contribution in [3.63, 3.8) is 0 Å². The number of hydrogen-bond acceptors (Lipinski definition) is 4. The van der Waals surface area contributed by atoms with Crippen molar-refractivity contribution in [1.82, 2.24) is 10.2 Å². The highest BCUT2D eigenvalue weighted by Crippen LogP contribution is 2.16. The van der Waals surface area contributed by atoms with E-state index in [1.165, 1.54) is 0 Å². The Labute approximate surface area is 187 Å². The van der Waals surface area contributed by atoms with E-state index in [4.69, 9.17) is 9.47 Å². The molecule has 6 heteroatoms. The van der Waals surface area contributed by atoms with Gasteiger partial charge in [0.2, 0.25) is 11.8 Å². The molecular weight excluding hydrogens is 404 g/mol. The van der Waals surface area contributed by atoms with Gasteiger partial charge in [-0.3, -0.25) is 9.59 Å². The summed E-state index contributed by atoms with van der Waals surface area (Å²) in [5.74, 6) is 0.364. The molecule has 3 aromatic rings. The summed E-state index contributed by atoms with van der Waals surface area (Å²) in [6.45, 7) is 1.44. The van der Waals surface area contributed by atoms with Crippen LogP contribution in [-0.2, 0) is 34.0 Å². The summed E-state index contributed by atoms with van der Waals surface area (Å²) >= 11 is 0. The van der Waals surface area contributed by atoms with E-state index in [2.05, 4.69) is 5.32 Å². The van der Waals surface area contributed by atoms with Crippen molar-refractivity contribution in [1.29, 1.82) is 0 Å². The lowest BCUT2D eigenvalue weighted by atomic mass is 10.1. The molecule has 1 atom stereocenters. The number of nitrogens with one attached hydrogen (secondary N) is 1. The summed E-state index contributed by atoms with van der Waals surface area (Å²) in [5.41, 5.74) is 3.03. The summed E-state index contributed by atoms with van der Waals surface area (Å²) in [7, 11) is 0. The van der Waals surface area contributed by atoms with Crippen LogP contribution in [0.3, 0.4) is 0 Å². The Morgan fingerprint density at radius 1 is 0.906 bits per heavy atom. The second kappa shape index (κ2) is 10.6. The predicted octanol–water partition coefficient (Wildman–Crippen LogP) is 3.31. The molecule has 1 aliphatic heterocycles. The van der Waals surface area contributed by atoms with Crippen LogP contribution in [0.5, 0.6) is 5.75 Å². The Hall–Kier alpha value is -3.64. The first-order valence-electron chi connectivity index (χ1n) is 10.6. The summed E-state index contributed by atoms with van der Waals surface area (Å²) in [5, 5.41) is 2.93. The van der Waals surface area contributed by atoms with E-state index in [1.54, 1.807) is 4.90 Å². The Bertz CT molecular complexity index is 1020. The number of morpholine rings is 1. The van der Waals surface area contributed by atoms with Crippen LogP contribution in [0.15, 0.2) is 84.9 Å². The molecule has 0 radical (unpaired) electrons. The monoisotopic (exact) mass is 430 g/mol. The summed E-state index contributed by atoms with van der Waals surface area (Å²) in [4.78, 5) is 26.8. The number of rotatable bonds is 8. The highest BCUT2D eigenvalue weighted by molar-refractivity contribution is 5.89.